The van der Waals surface area contributed by atoms with Gasteiger partial charge in [0.1, 0.15) is 0 Å². The van der Waals surface area contributed by atoms with E-state index >= 15 is 0 Å². The summed E-state index contributed by atoms with van der Waals surface area (Å²) >= 11 is 0. The van der Waals surface area contributed by atoms with Crippen molar-refractivity contribution < 1.29 is 0 Å². The van der Waals surface area contributed by atoms with Crippen LogP contribution in [0.5, 0.6) is 0 Å². The van der Waals surface area contributed by atoms with E-state index < -0.39 is 0 Å². The molecule has 2 aromatic heterocycles. The van der Waals surface area contributed by atoms with E-state index in [-0.39, 0.29) is 12.4 Å². The van der Waals surface area contributed by atoms with Crippen LogP contribution in [0.25, 0.3) is 0 Å². The Hall–Kier alpha value is -1.49. The van der Waals surface area contributed by atoms with Gasteiger partial charge in [0.2, 0.25) is 0 Å². The summed E-state index contributed by atoms with van der Waals surface area (Å²) < 4.78 is 4.04. The second kappa shape index (κ2) is 7.33. The van der Waals surface area contributed by atoms with E-state index in [1.807, 2.05) is 17.8 Å². The smallest absolute Gasteiger partial charge is 0.0825 e. The average Bonchev–Trinajstić information content (AvgIpc) is 2.94. The van der Waals surface area contributed by atoms with Crippen LogP contribution in [-0.2, 0) is 13.1 Å². The minimum atomic E-state index is 0. The van der Waals surface area contributed by atoms with E-state index in [1.54, 1.807) is 0 Å². The first kappa shape index (κ1) is 16.6. The SMILES string of the molecule is CCCn1nccc1CNc1cn(C(C)C)nc1C.Cl. The number of aryl methyl sites for hydroxylation is 2. The van der Waals surface area contributed by atoms with Crippen molar-refractivity contribution in [3.8, 4) is 0 Å². The van der Waals surface area contributed by atoms with Crippen molar-refractivity contribution in [3.63, 3.8) is 0 Å². The summed E-state index contributed by atoms with van der Waals surface area (Å²) in [6, 6.07) is 2.45. The molecule has 0 aliphatic carbocycles. The molecular weight excluding hydrogens is 274 g/mol. The summed E-state index contributed by atoms with van der Waals surface area (Å²) in [7, 11) is 0. The zero-order valence-electron chi connectivity index (χ0n) is 12.6. The standard InChI is InChI=1S/C14H23N5.ClH/c1-5-8-18-13(6-7-16-18)9-15-14-10-19(11(2)3)17-12(14)4;/h6-7,10-11,15H,5,8-9H2,1-4H3;1H. The van der Waals surface area contributed by atoms with E-state index in [0.717, 1.165) is 30.9 Å². The van der Waals surface area contributed by atoms with Crippen molar-refractivity contribution in [3.05, 3.63) is 29.8 Å². The predicted molar refractivity (Wildman–Crippen MR) is 84.4 cm³/mol. The quantitative estimate of drug-likeness (QED) is 0.889. The summed E-state index contributed by atoms with van der Waals surface area (Å²) in [6.45, 7) is 10.2. The number of rotatable bonds is 6. The molecule has 0 bridgehead atoms. The highest BCUT2D eigenvalue weighted by molar-refractivity contribution is 5.85. The third-order valence-corrected chi connectivity index (χ3v) is 3.15. The molecule has 0 aliphatic heterocycles. The largest absolute Gasteiger partial charge is 0.377 e. The maximum atomic E-state index is 4.50. The van der Waals surface area contributed by atoms with Crippen molar-refractivity contribution in [2.75, 3.05) is 5.32 Å². The zero-order valence-corrected chi connectivity index (χ0v) is 13.4. The van der Waals surface area contributed by atoms with Crippen molar-refractivity contribution in [2.24, 2.45) is 0 Å². The minimum absolute atomic E-state index is 0. The second-order valence-corrected chi connectivity index (χ2v) is 5.10. The van der Waals surface area contributed by atoms with E-state index in [9.17, 15) is 0 Å². The van der Waals surface area contributed by atoms with Gasteiger partial charge in [-0.25, -0.2) is 0 Å². The number of nitrogens with zero attached hydrogens (tertiary/aromatic N) is 4. The first-order valence-electron chi connectivity index (χ1n) is 6.92. The highest BCUT2D eigenvalue weighted by Crippen LogP contribution is 2.16. The van der Waals surface area contributed by atoms with E-state index in [4.69, 9.17) is 0 Å². The van der Waals surface area contributed by atoms with Gasteiger partial charge >= 0.3 is 0 Å². The molecule has 6 heteroatoms. The van der Waals surface area contributed by atoms with E-state index in [0.29, 0.717) is 6.04 Å². The van der Waals surface area contributed by atoms with Gasteiger partial charge in [0.15, 0.2) is 0 Å². The third kappa shape index (κ3) is 3.76. The third-order valence-electron chi connectivity index (χ3n) is 3.15. The molecule has 0 saturated heterocycles. The number of aromatic nitrogens is 4. The molecule has 0 aromatic carbocycles. The van der Waals surface area contributed by atoms with E-state index in [1.165, 1.54) is 5.69 Å². The lowest BCUT2D eigenvalue weighted by molar-refractivity contribution is 0.529. The molecule has 0 aliphatic rings. The lowest BCUT2D eigenvalue weighted by Gasteiger charge is -2.08. The lowest BCUT2D eigenvalue weighted by atomic mass is 10.3. The second-order valence-electron chi connectivity index (χ2n) is 5.10. The normalized spacial score (nSPS) is 10.7. The zero-order chi connectivity index (χ0) is 13.8. The van der Waals surface area contributed by atoms with Crippen molar-refractivity contribution in [1.29, 1.82) is 0 Å². The monoisotopic (exact) mass is 297 g/mol. The van der Waals surface area contributed by atoms with Crippen LogP contribution in [0.4, 0.5) is 5.69 Å². The Labute approximate surface area is 126 Å². The topological polar surface area (TPSA) is 47.7 Å². The molecular formula is C14H24ClN5. The number of nitrogens with one attached hydrogen (secondary N) is 1. The Morgan fingerprint density at radius 2 is 2.10 bits per heavy atom. The molecule has 0 amide bonds. The highest BCUT2D eigenvalue weighted by atomic mass is 35.5. The van der Waals surface area contributed by atoms with Gasteiger partial charge in [0.05, 0.1) is 23.6 Å². The molecule has 5 nitrogen and oxygen atoms in total. The number of anilines is 1. The number of halogens is 1. The van der Waals surface area contributed by atoms with Crippen LogP contribution < -0.4 is 5.32 Å². The molecule has 2 aromatic rings. The highest BCUT2D eigenvalue weighted by Gasteiger charge is 2.08. The Morgan fingerprint density at radius 3 is 2.70 bits per heavy atom. The van der Waals surface area contributed by atoms with Gasteiger partial charge in [-0.15, -0.1) is 12.4 Å². The summed E-state index contributed by atoms with van der Waals surface area (Å²) in [6.07, 6.45) is 5.02. The first-order chi connectivity index (χ1) is 9.11. The van der Waals surface area contributed by atoms with Gasteiger partial charge in [-0.2, -0.15) is 10.2 Å². The molecule has 112 valence electrons. The predicted octanol–water partition coefficient (Wildman–Crippen LogP) is 3.41. The molecule has 0 saturated carbocycles. The van der Waals surface area contributed by atoms with Crippen LogP contribution in [0.2, 0.25) is 0 Å². The summed E-state index contributed by atoms with van der Waals surface area (Å²) in [5.74, 6) is 0. The molecule has 0 fully saturated rings. The first-order valence-corrected chi connectivity index (χ1v) is 6.92. The molecule has 20 heavy (non-hydrogen) atoms. The summed E-state index contributed by atoms with van der Waals surface area (Å²) in [4.78, 5) is 0. The Balaban J connectivity index is 0.00000200. The van der Waals surface area contributed by atoms with Gasteiger partial charge < -0.3 is 5.32 Å². The van der Waals surface area contributed by atoms with Crippen LogP contribution in [0, 0.1) is 6.92 Å². The average molecular weight is 298 g/mol. The molecule has 0 unspecified atom stereocenters. The molecule has 0 atom stereocenters. The molecule has 2 rings (SSSR count). The fraction of sp³-hybridized carbons (Fsp3) is 0.571. The maximum Gasteiger partial charge on any atom is 0.0825 e. The van der Waals surface area contributed by atoms with E-state index in [2.05, 4.69) is 53.2 Å². The van der Waals surface area contributed by atoms with Crippen LogP contribution in [0.1, 0.15) is 44.6 Å². The Kier molecular flexibility index (Phi) is 6.07. The fourth-order valence-corrected chi connectivity index (χ4v) is 2.03. The molecule has 0 spiro atoms. The van der Waals surface area contributed by atoms with Gasteiger partial charge in [-0.3, -0.25) is 9.36 Å². The van der Waals surface area contributed by atoms with Crippen LogP contribution in [-0.4, -0.2) is 19.6 Å². The molecule has 1 N–H and O–H groups in total. The van der Waals surface area contributed by atoms with Crippen molar-refractivity contribution >= 4 is 18.1 Å². The molecule has 2 heterocycles. The lowest BCUT2D eigenvalue weighted by Crippen LogP contribution is -2.09. The van der Waals surface area contributed by atoms with Gasteiger partial charge in [0, 0.05) is 25.0 Å². The van der Waals surface area contributed by atoms with Gasteiger partial charge in [-0.05, 0) is 33.3 Å². The Morgan fingerprint density at radius 1 is 1.35 bits per heavy atom. The maximum absolute atomic E-state index is 4.50. The summed E-state index contributed by atoms with van der Waals surface area (Å²) in [5.41, 5.74) is 3.34. The van der Waals surface area contributed by atoms with Gasteiger partial charge in [0.25, 0.3) is 0 Å². The summed E-state index contributed by atoms with van der Waals surface area (Å²) in [5, 5.41) is 12.3. The van der Waals surface area contributed by atoms with Crippen LogP contribution in [0.15, 0.2) is 18.5 Å². The number of hydrogen-bond donors (Lipinski definition) is 1. The number of hydrogen-bond acceptors (Lipinski definition) is 3. The minimum Gasteiger partial charge on any atom is -0.377 e. The Bertz CT molecular complexity index is 529. The fourth-order valence-electron chi connectivity index (χ4n) is 2.03. The van der Waals surface area contributed by atoms with Gasteiger partial charge in [-0.1, -0.05) is 6.92 Å². The molecule has 0 radical (unpaired) electrons. The van der Waals surface area contributed by atoms with Crippen LogP contribution >= 0.6 is 12.4 Å². The van der Waals surface area contributed by atoms with Crippen molar-refractivity contribution in [1.82, 2.24) is 19.6 Å². The van der Waals surface area contributed by atoms with Crippen molar-refractivity contribution in [2.45, 2.75) is 53.2 Å². The van der Waals surface area contributed by atoms with Crippen LogP contribution in [0.3, 0.4) is 0 Å².